The number of hydrogen-bond donors (Lipinski definition) is 1. The van der Waals surface area contributed by atoms with E-state index in [2.05, 4.69) is 28.5 Å². The van der Waals surface area contributed by atoms with E-state index in [1.165, 1.54) is 0 Å². The van der Waals surface area contributed by atoms with E-state index in [0.717, 1.165) is 29.9 Å². The van der Waals surface area contributed by atoms with E-state index < -0.39 is 0 Å². The first-order valence-electron chi connectivity index (χ1n) is 5.50. The maximum absolute atomic E-state index is 9.12. The number of hydrogen-bond acceptors (Lipinski definition) is 3. The lowest BCUT2D eigenvalue weighted by molar-refractivity contribution is 0.785. The molecule has 0 saturated carbocycles. The van der Waals surface area contributed by atoms with Gasteiger partial charge in [-0.2, -0.15) is 5.26 Å². The molecule has 1 N–H and O–H groups in total. The van der Waals surface area contributed by atoms with Crippen molar-refractivity contribution >= 4 is 5.69 Å². The average molecular weight is 213 g/mol. The Morgan fingerprint density at radius 2 is 2.06 bits per heavy atom. The van der Waals surface area contributed by atoms with Crippen LogP contribution in [-0.4, -0.2) is 11.0 Å². The predicted octanol–water partition coefficient (Wildman–Crippen LogP) is 2.70. The maximum Gasteiger partial charge on any atom is 0.103 e. The molecule has 1 aliphatic carbocycles. The van der Waals surface area contributed by atoms with Gasteiger partial charge >= 0.3 is 0 Å². The fourth-order valence-electron chi connectivity index (χ4n) is 2.04. The van der Waals surface area contributed by atoms with E-state index in [-0.39, 0.29) is 0 Å². The summed E-state index contributed by atoms with van der Waals surface area (Å²) >= 11 is 0. The molecular formula is C13H15N3. The van der Waals surface area contributed by atoms with Crippen molar-refractivity contribution < 1.29 is 0 Å². The van der Waals surface area contributed by atoms with Crippen LogP contribution in [0.1, 0.15) is 29.8 Å². The number of aryl methyl sites for hydroxylation is 2. The summed E-state index contributed by atoms with van der Waals surface area (Å²) in [6.45, 7) is 3.83. The van der Waals surface area contributed by atoms with Crippen molar-refractivity contribution in [2.24, 2.45) is 0 Å². The average Bonchev–Trinajstić information content (AvgIpc) is 2.70. The molecule has 0 unspecified atom stereocenters. The summed E-state index contributed by atoms with van der Waals surface area (Å²) in [5, 5.41) is 12.5. The van der Waals surface area contributed by atoms with Crippen LogP contribution in [0.2, 0.25) is 0 Å². The number of aromatic nitrogens is 1. The van der Waals surface area contributed by atoms with Crippen molar-refractivity contribution in [2.75, 3.05) is 5.32 Å². The maximum atomic E-state index is 9.12. The molecule has 1 aromatic rings. The molecule has 0 atom stereocenters. The Labute approximate surface area is 95.8 Å². The topological polar surface area (TPSA) is 48.7 Å². The van der Waals surface area contributed by atoms with Crippen LogP contribution in [0.4, 0.5) is 5.69 Å². The fourth-order valence-corrected chi connectivity index (χ4v) is 2.04. The van der Waals surface area contributed by atoms with Crippen LogP contribution >= 0.6 is 0 Å². The second-order valence-electron chi connectivity index (χ2n) is 4.17. The highest BCUT2D eigenvalue weighted by Crippen LogP contribution is 2.22. The third-order valence-corrected chi connectivity index (χ3v) is 2.81. The van der Waals surface area contributed by atoms with Crippen LogP contribution in [-0.2, 0) is 0 Å². The molecule has 0 saturated heterocycles. The van der Waals surface area contributed by atoms with E-state index in [0.29, 0.717) is 11.6 Å². The summed E-state index contributed by atoms with van der Waals surface area (Å²) in [4.78, 5) is 4.30. The van der Waals surface area contributed by atoms with Crippen LogP contribution in [0.3, 0.4) is 0 Å². The van der Waals surface area contributed by atoms with Crippen molar-refractivity contribution in [1.82, 2.24) is 4.98 Å². The molecule has 0 amide bonds. The number of nitrogens with zero attached hydrogens (tertiary/aromatic N) is 2. The van der Waals surface area contributed by atoms with Gasteiger partial charge in [-0.15, -0.1) is 0 Å². The Hall–Kier alpha value is -1.82. The Kier molecular flexibility index (Phi) is 2.91. The van der Waals surface area contributed by atoms with Gasteiger partial charge in [-0.3, -0.25) is 4.98 Å². The Morgan fingerprint density at radius 1 is 1.38 bits per heavy atom. The zero-order valence-corrected chi connectivity index (χ0v) is 9.62. The molecule has 0 fully saturated rings. The lowest BCUT2D eigenvalue weighted by Crippen LogP contribution is -2.16. The van der Waals surface area contributed by atoms with Crippen LogP contribution in [0.15, 0.2) is 18.2 Å². The van der Waals surface area contributed by atoms with Crippen molar-refractivity contribution in [3.8, 4) is 6.07 Å². The smallest absolute Gasteiger partial charge is 0.103 e. The van der Waals surface area contributed by atoms with E-state index in [4.69, 9.17) is 5.26 Å². The molecule has 1 aliphatic rings. The standard InChI is InChI=1S/C13H15N3/c1-9-7-13(12(8-14)10(2)15-9)16-11-5-3-4-6-11/h3-4,7,11H,5-6H2,1-2H3,(H,15,16). The van der Waals surface area contributed by atoms with Gasteiger partial charge in [0.05, 0.1) is 16.9 Å². The Morgan fingerprint density at radius 3 is 2.69 bits per heavy atom. The summed E-state index contributed by atoms with van der Waals surface area (Å²) in [7, 11) is 0. The van der Waals surface area contributed by atoms with Gasteiger partial charge in [-0.05, 0) is 32.8 Å². The van der Waals surface area contributed by atoms with Crippen molar-refractivity contribution in [3.63, 3.8) is 0 Å². The molecule has 1 aromatic heterocycles. The van der Waals surface area contributed by atoms with Crippen LogP contribution < -0.4 is 5.32 Å². The van der Waals surface area contributed by atoms with E-state index in [9.17, 15) is 0 Å². The summed E-state index contributed by atoms with van der Waals surface area (Å²) in [5.74, 6) is 0. The van der Waals surface area contributed by atoms with Crippen molar-refractivity contribution in [3.05, 3.63) is 35.2 Å². The van der Waals surface area contributed by atoms with E-state index in [1.54, 1.807) is 0 Å². The highest BCUT2D eigenvalue weighted by Gasteiger charge is 2.14. The predicted molar refractivity (Wildman–Crippen MR) is 64.2 cm³/mol. The second kappa shape index (κ2) is 4.36. The van der Waals surface area contributed by atoms with E-state index >= 15 is 0 Å². The molecule has 0 aliphatic heterocycles. The summed E-state index contributed by atoms with van der Waals surface area (Å²) in [6, 6.07) is 4.59. The van der Waals surface area contributed by atoms with Crippen LogP contribution in [0, 0.1) is 25.2 Å². The number of nitrogens with one attached hydrogen (secondary N) is 1. The van der Waals surface area contributed by atoms with Crippen molar-refractivity contribution in [2.45, 2.75) is 32.7 Å². The molecule has 0 spiro atoms. The first-order valence-corrected chi connectivity index (χ1v) is 5.50. The Bertz CT molecular complexity index is 461. The normalized spacial score (nSPS) is 15.1. The minimum atomic E-state index is 0.424. The fraction of sp³-hybridized carbons (Fsp3) is 0.385. The van der Waals surface area contributed by atoms with Gasteiger partial charge < -0.3 is 5.32 Å². The van der Waals surface area contributed by atoms with Gasteiger partial charge in [-0.25, -0.2) is 0 Å². The molecule has 0 bridgehead atoms. The minimum absolute atomic E-state index is 0.424. The third-order valence-electron chi connectivity index (χ3n) is 2.81. The lowest BCUT2D eigenvalue weighted by Gasteiger charge is -2.16. The minimum Gasteiger partial charge on any atom is -0.381 e. The molecule has 3 nitrogen and oxygen atoms in total. The molecule has 3 heteroatoms. The van der Waals surface area contributed by atoms with Gasteiger partial charge in [0.25, 0.3) is 0 Å². The number of anilines is 1. The first-order chi connectivity index (χ1) is 7.70. The third kappa shape index (κ3) is 2.06. The monoisotopic (exact) mass is 213 g/mol. The van der Waals surface area contributed by atoms with E-state index in [1.807, 2.05) is 19.9 Å². The lowest BCUT2D eigenvalue weighted by atomic mass is 10.1. The zero-order chi connectivity index (χ0) is 11.5. The van der Waals surface area contributed by atoms with Crippen molar-refractivity contribution in [1.29, 1.82) is 5.26 Å². The molecule has 82 valence electrons. The Balaban J connectivity index is 2.28. The van der Waals surface area contributed by atoms with Gasteiger partial charge in [0, 0.05) is 11.7 Å². The molecule has 0 aromatic carbocycles. The molecule has 0 radical (unpaired) electrons. The number of rotatable bonds is 2. The highest BCUT2D eigenvalue weighted by molar-refractivity contribution is 5.60. The quantitative estimate of drug-likeness (QED) is 0.768. The second-order valence-corrected chi connectivity index (χ2v) is 4.17. The number of pyridine rings is 1. The summed E-state index contributed by atoms with van der Waals surface area (Å²) in [5.41, 5.74) is 3.33. The van der Waals surface area contributed by atoms with Gasteiger partial charge in [0.2, 0.25) is 0 Å². The summed E-state index contributed by atoms with van der Waals surface area (Å²) in [6.07, 6.45) is 6.41. The molecule has 2 rings (SSSR count). The molecule has 16 heavy (non-hydrogen) atoms. The highest BCUT2D eigenvalue weighted by atomic mass is 14.9. The SMILES string of the molecule is Cc1cc(NC2CC=CC2)c(C#N)c(C)n1. The van der Waals surface area contributed by atoms with Gasteiger partial charge in [0.15, 0.2) is 0 Å². The molecular weight excluding hydrogens is 198 g/mol. The van der Waals surface area contributed by atoms with Gasteiger partial charge in [0.1, 0.15) is 6.07 Å². The van der Waals surface area contributed by atoms with Gasteiger partial charge in [-0.1, -0.05) is 12.2 Å². The molecule has 1 heterocycles. The van der Waals surface area contributed by atoms with Crippen LogP contribution in [0.25, 0.3) is 0 Å². The first kappa shape index (κ1) is 10.7. The largest absolute Gasteiger partial charge is 0.381 e. The zero-order valence-electron chi connectivity index (χ0n) is 9.62. The summed E-state index contributed by atoms with van der Waals surface area (Å²) < 4.78 is 0. The number of nitriles is 1. The van der Waals surface area contributed by atoms with Crippen LogP contribution in [0.5, 0.6) is 0 Å².